The van der Waals surface area contributed by atoms with Gasteiger partial charge in [0.15, 0.2) is 0 Å². The molecule has 31 heavy (non-hydrogen) atoms. The maximum Gasteiger partial charge on any atom is 0.225 e. The van der Waals surface area contributed by atoms with Crippen LogP contribution in [0.3, 0.4) is 0 Å². The summed E-state index contributed by atoms with van der Waals surface area (Å²) in [5.41, 5.74) is 3.10. The molecule has 0 bridgehead atoms. The van der Waals surface area contributed by atoms with E-state index in [1.165, 1.54) is 0 Å². The van der Waals surface area contributed by atoms with Gasteiger partial charge in [-0.15, -0.1) is 0 Å². The van der Waals surface area contributed by atoms with Gasteiger partial charge in [0.2, 0.25) is 11.8 Å². The maximum atomic E-state index is 12.8. The third-order valence-corrected chi connectivity index (χ3v) is 6.00. The van der Waals surface area contributed by atoms with Gasteiger partial charge in [-0.05, 0) is 42.7 Å². The summed E-state index contributed by atoms with van der Waals surface area (Å²) in [7, 11) is 3.60. The Kier molecular flexibility index (Phi) is 6.21. The summed E-state index contributed by atoms with van der Waals surface area (Å²) in [6, 6.07) is 15.8. The van der Waals surface area contributed by atoms with Crippen LogP contribution in [0.5, 0.6) is 5.75 Å². The molecule has 2 amide bonds. The van der Waals surface area contributed by atoms with Gasteiger partial charge in [0.25, 0.3) is 0 Å². The first kappa shape index (κ1) is 20.9. The van der Waals surface area contributed by atoms with Crippen LogP contribution in [0.2, 0.25) is 0 Å². The molecule has 3 aromatic rings. The number of hydrogen-bond donors (Lipinski definition) is 1. The van der Waals surface area contributed by atoms with Crippen molar-refractivity contribution in [1.29, 1.82) is 0 Å². The highest BCUT2D eigenvalue weighted by molar-refractivity contribution is 5.84. The first-order valence-corrected chi connectivity index (χ1v) is 10.6. The predicted molar refractivity (Wildman–Crippen MR) is 119 cm³/mol. The molecule has 7 heteroatoms. The zero-order valence-corrected chi connectivity index (χ0v) is 18.0. The van der Waals surface area contributed by atoms with Crippen LogP contribution in [0.15, 0.2) is 48.5 Å². The Bertz CT molecular complexity index is 1070. The van der Waals surface area contributed by atoms with Gasteiger partial charge in [-0.1, -0.05) is 24.3 Å². The van der Waals surface area contributed by atoms with E-state index in [2.05, 4.69) is 10.3 Å². The van der Waals surface area contributed by atoms with Gasteiger partial charge < -0.3 is 19.5 Å². The minimum Gasteiger partial charge on any atom is -0.497 e. The fraction of sp³-hybridized carbons (Fsp3) is 0.375. The quantitative estimate of drug-likeness (QED) is 0.638. The molecule has 1 fully saturated rings. The van der Waals surface area contributed by atoms with Gasteiger partial charge in [-0.3, -0.25) is 9.59 Å². The Hall–Kier alpha value is -3.35. The molecule has 0 unspecified atom stereocenters. The highest BCUT2D eigenvalue weighted by atomic mass is 16.5. The number of imidazole rings is 1. The van der Waals surface area contributed by atoms with E-state index in [0.717, 1.165) is 34.6 Å². The first-order chi connectivity index (χ1) is 15.0. The number of piperidine rings is 1. The van der Waals surface area contributed by atoms with Crippen molar-refractivity contribution in [1.82, 2.24) is 19.8 Å². The van der Waals surface area contributed by atoms with Crippen LogP contribution in [0.4, 0.5) is 0 Å². The van der Waals surface area contributed by atoms with Gasteiger partial charge in [0.05, 0.1) is 30.6 Å². The molecule has 1 aliphatic heterocycles. The topological polar surface area (TPSA) is 76.5 Å². The molecule has 1 N–H and O–H groups in total. The molecule has 7 nitrogen and oxygen atoms in total. The SMILES string of the molecule is COc1ccc(CCN2C[C@H](C(=O)NCc3nc4ccccc4n3C)CCC2=O)cc1. The van der Waals surface area contributed by atoms with Crippen molar-refractivity contribution in [3.8, 4) is 5.75 Å². The van der Waals surface area contributed by atoms with Crippen LogP contribution in [-0.4, -0.2) is 46.5 Å². The lowest BCUT2D eigenvalue weighted by atomic mass is 9.96. The van der Waals surface area contributed by atoms with Gasteiger partial charge in [-0.2, -0.15) is 0 Å². The number of rotatable bonds is 7. The lowest BCUT2D eigenvalue weighted by Crippen LogP contribution is -2.46. The maximum absolute atomic E-state index is 12.8. The van der Waals surface area contributed by atoms with Crippen LogP contribution in [-0.2, 0) is 29.6 Å². The molecular weight excluding hydrogens is 392 g/mol. The Labute approximate surface area is 182 Å². The number of aromatic nitrogens is 2. The fourth-order valence-corrected chi connectivity index (χ4v) is 4.07. The van der Waals surface area contributed by atoms with Crippen molar-refractivity contribution in [2.45, 2.75) is 25.8 Å². The molecule has 1 saturated heterocycles. The number of ether oxygens (including phenoxy) is 1. The molecule has 2 aromatic carbocycles. The van der Waals surface area contributed by atoms with E-state index >= 15 is 0 Å². The summed E-state index contributed by atoms with van der Waals surface area (Å²) >= 11 is 0. The number of likely N-dealkylation sites (tertiary alicyclic amines) is 1. The Morgan fingerprint density at radius 3 is 2.71 bits per heavy atom. The number of nitrogens with zero attached hydrogens (tertiary/aromatic N) is 3. The number of amides is 2. The molecule has 0 spiro atoms. The van der Waals surface area contributed by atoms with Crippen LogP contribution in [0, 0.1) is 5.92 Å². The van der Waals surface area contributed by atoms with Crippen LogP contribution in [0.25, 0.3) is 11.0 Å². The van der Waals surface area contributed by atoms with Crippen molar-refractivity contribution in [2.75, 3.05) is 20.2 Å². The van der Waals surface area contributed by atoms with E-state index < -0.39 is 0 Å². The Balaban J connectivity index is 1.32. The summed E-state index contributed by atoms with van der Waals surface area (Å²) in [5, 5.41) is 3.02. The summed E-state index contributed by atoms with van der Waals surface area (Å²) in [5.74, 6) is 1.54. The highest BCUT2D eigenvalue weighted by Crippen LogP contribution is 2.20. The number of benzene rings is 2. The number of carbonyl (C=O) groups is 2. The third-order valence-electron chi connectivity index (χ3n) is 6.00. The van der Waals surface area contributed by atoms with E-state index in [9.17, 15) is 9.59 Å². The standard InChI is InChI=1S/C24H28N4O3/c1-27-21-6-4-3-5-20(21)26-22(27)15-25-24(30)18-9-12-23(29)28(16-18)14-13-17-7-10-19(31-2)11-8-17/h3-8,10-11,18H,9,12-16H2,1-2H3,(H,25,30)/t18-/m1/s1. The zero-order chi connectivity index (χ0) is 21.8. The van der Waals surface area contributed by atoms with Crippen LogP contribution >= 0.6 is 0 Å². The summed E-state index contributed by atoms with van der Waals surface area (Å²) in [6.07, 6.45) is 1.75. The summed E-state index contributed by atoms with van der Waals surface area (Å²) in [4.78, 5) is 31.6. The minimum atomic E-state index is -0.191. The molecule has 0 aliphatic carbocycles. The third kappa shape index (κ3) is 4.71. The number of nitrogens with one attached hydrogen (secondary N) is 1. The molecule has 0 saturated carbocycles. The van der Waals surface area contributed by atoms with Gasteiger partial charge >= 0.3 is 0 Å². The first-order valence-electron chi connectivity index (χ1n) is 10.6. The van der Waals surface area contributed by atoms with E-state index in [4.69, 9.17) is 4.74 Å². The number of fused-ring (bicyclic) bond motifs is 1. The molecule has 2 heterocycles. The van der Waals surface area contributed by atoms with Crippen LogP contribution < -0.4 is 10.1 Å². The van der Waals surface area contributed by atoms with Crippen molar-refractivity contribution in [2.24, 2.45) is 13.0 Å². The number of carbonyl (C=O) groups excluding carboxylic acids is 2. The lowest BCUT2D eigenvalue weighted by molar-refractivity contribution is -0.138. The predicted octanol–water partition coefficient (Wildman–Crippen LogP) is 2.68. The normalized spacial score (nSPS) is 16.5. The number of hydrogen-bond acceptors (Lipinski definition) is 4. The molecule has 1 aliphatic rings. The molecule has 162 valence electrons. The summed E-state index contributed by atoms with van der Waals surface area (Å²) < 4.78 is 7.19. The van der Waals surface area contributed by atoms with E-state index in [1.807, 2.05) is 65.0 Å². The smallest absolute Gasteiger partial charge is 0.225 e. The second-order valence-corrected chi connectivity index (χ2v) is 7.97. The average molecular weight is 421 g/mol. The molecule has 1 atom stereocenters. The van der Waals surface area contributed by atoms with Crippen molar-refractivity contribution in [3.05, 3.63) is 59.9 Å². The number of methoxy groups -OCH3 is 1. The molecular formula is C24H28N4O3. The second kappa shape index (κ2) is 9.20. The average Bonchev–Trinajstić information content (AvgIpc) is 3.13. The number of para-hydroxylation sites is 2. The largest absolute Gasteiger partial charge is 0.497 e. The van der Waals surface area contributed by atoms with E-state index in [1.54, 1.807) is 7.11 Å². The van der Waals surface area contributed by atoms with E-state index in [-0.39, 0.29) is 17.7 Å². The Morgan fingerprint density at radius 1 is 1.19 bits per heavy atom. The van der Waals surface area contributed by atoms with Gasteiger partial charge in [-0.25, -0.2) is 4.98 Å². The lowest BCUT2D eigenvalue weighted by Gasteiger charge is -2.32. The second-order valence-electron chi connectivity index (χ2n) is 7.97. The van der Waals surface area contributed by atoms with Gasteiger partial charge in [0.1, 0.15) is 11.6 Å². The summed E-state index contributed by atoms with van der Waals surface area (Å²) in [6.45, 7) is 1.45. The van der Waals surface area contributed by atoms with Crippen molar-refractivity contribution >= 4 is 22.8 Å². The van der Waals surface area contributed by atoms with Crippen molar-refractivity contribution in [3.63, 3.8) is 0 Å². The molecule has 4 rings (SSSR count). The highest BCUT2D eigenvalue weighted by Gasteiger charge is 2.30. The monoisotopic (exact) mass is 420 g/mol. The van der Waals surface area contributed by atoms with Crippen LogP contribution in [0.1, 0.15) is 24.2 Å². The van der Waals surface area contributed by atoms with Crippen molar-refractivity contribution < 1.29 is 14.3 Å². The molecule has 0 radical (unpaired) electrons. The number of aryl methyl sites for hydroxylation is 1. The molecule has 1 aromatic heterocycles. The Morgan fingerprint density at radius 2 is 1.97 bits per heavy atom. The van der Waals surface area contributed by atoms with Gasteiger partial charge in [0, 0.05) is 26.6 Å². The zero-order valence-electron chi connectivity index (χ0n) is 18.0. The minimum absolute atomic E-state index is 0.0194. The van der Waals surface area contributed by atoms with E-state index in [0.29, 0.717) is 32.5 Å². The fourth-order valence-electron chi connectivity index (χ4n) is 4.07.